The molecule has 1 aromatic carbocycles. The summed E-state index contributed by atoms with van der Waals surface area (Å²) in [7, 11) is 0. The Kier molecular flexibility index (Phi) is 8.02. The summed E-state index contributed by atoms with van der Waals surface area (Å²) in [6.45, 7) is 4.20. The van der Waals surface area contributed by atoms with Crippen LogP contribution in [0.4, 0.5) is 26.3 Å². The number of alkyl halides is 6. The van der Waals surface area contributed by atoms with Gasteiger partial charge in [-0.25, -0.2) is 0 Å². The van der Waals surface area contributed by atoms with Crippen LogP contribution in [0, 0.1) is 17.8 Å². The van der Waals surface area contributed by atoms with E-state index in [1.54, 1.807) is 0 Å². The Morgan fingerprint density at radius 3 is 1.91 bits per heavy atom. The fraction of sp³-hybridized carbons (Fsp3) is 0.786. The van der Waals surface area contributed by atoms with Crippen molar-refractivity contribution in [3.05, 3.63) is 28.3 Å². The molecule has 0 amide bonds. The predicted molar refractivity (Wildman–Crippen MR) is 125 cm³/mol. The van der Waals surface area contributed by atoms with Gasteiger partial charge in [-0.2, -0.15) is 26.3 Å². The Morgan fingerprint density at radius 1 is 0.771 bits per heavy atom. The van der Waals surface area contributed by atoms with Crippen LogP contribution in [0.1, 0.15) is 119 Å². The van der Waals surface area contributed by atoms with Crippen molar-refractivity contribution in [3.63, 3.8) is 0 Å². The number of rotatable bonds is 5. The Labute approximate surface area is 205 Å². The first-order valence-corrected chi connectivity index (χ1v) is 13.5. The standard InChI is InChI=1S/C28H38F6O/c1-3-5-18-8-12-20(13-9-18)23-15-14-21-16-22(19-10-6-17(4-2)7-11-19)24(27(29,30)31)25(26(21)35-23)28(32,33)34/h16-20,23H,3-15H2,1-2H3. The molecule has 0 bridgehead atoms. The van der Waals surface area contributed by atoms with Crippen molar-refractivity contribution in [2.45, 2.75) is 122 Å². The highest BCUT2D eigenvalue weighted by Crippen LogP contribution is 2.53. The van der Waals surface area contributed by atoms with Gasteiger partial charge in [-0.15, -0.1) is 0 Å². The lowest BCUT2D eigenvalue weighted by Crippen LogP contribution is -2.35. The molecular formula is C28H38F6O. The van der Waals surface area contributed by atoms with Crippen molar-refractivity contribution in [1.29, 1.82) is 0 Å². The minimum Gasteiger partial charge on any atom is -0.489 e. The number of halogens is 6. The maximum Gasteiger partial charge on any atom is 0.420 e. The zero-order chi connectivity index (χ0) is 25.4. The van der Waals surface area contributed by atoms with E-state index < -0.39 is 41.3 Å². The van der Waals surface area contributed by atoms with E-state index in [4.69, 9.17) is 4.74 Å². The number of hydrogen-bond donors (Lipinski definition) is 0. The molecule has 0 saturated heterocycles. The summed E-state index contributed by atoms with van der Waals surface area (Å²) >= 11 is 0. The SMILES string of the molecule is CCCC1CCC(C2CCc3cc(C4CCC(CC)CC4)c(C(F)(F)F)c(C(F)(F)F)c3O2)CC1. The van der Waals surface area contributed by atoms with Gasteiger partial charge in [0.2, 0.25) is 0 Å². The van der Waals surface area contributed by atoms with Gasteiger partial charge in [-0.05, 0) is 86.2 Å². The van der Waals surface area contributed by atoms with E-state index in [2.05, 4.69) is 13.8 Å². The van der Waals surface area contributed by atoms with Gasteiger partial charge in [-0.1, -0.05) is 52.0 Å². The van der Waals surface area contributed by atoms with E-state index in [-0.39, 0.29) is 11.5 Å². The van der Waals surface area contributed by atoms with Crippen LogP contribution < -0.4 is 4.74 Å². The van der Waals surface area contributed by atoms with Crippen molar-refractivity contribution >= 4 is 0 Å². The number of aryl methyl sites for hydroxylation is 1. The number of benzene rings is 1. The summed E-state index contributed by atoms with van der Waals surface area (Å²) in [6.07, 6.45) is -0.243. The zero-order valence-electron chi connectivity index (χ0n) is 20.8. The van der Waals surface area contributed by atoms with Crippen molar-refractivity contribution in [2.24, 2.45) is 17.8 Å². The Bertz CT molecular complexity index is 858. The molecule has 1 heterocycles. The fourth-order valence-electron chi connectivity index (χ4n) is 6.94. The molecular weight excluding hydrogens is 466 g/mol. The van der Waals surface area contributed by atoms with E-state index >= 15 is 0 Å². The molecule has 0 N–H and O–H groups in total. The van der Waals surface area contributed by atoms with E-state index in [9.17, 15) is 26.3 Å². The third kappa shape index (κ3) is 5.79. The maximum absolute atomic E-state index is 14.4. The highest BCUT2D eigenvalue weighted by atomic mass is 19.4. The molecule has 198 valence electrons. The van der Waals surface area contributed by atoms with E-state index in [0.29, 0.717) is 43.1 Å². The van der Waals surface area contributed by atoms with E-state index in [1.165, 1.54) is 6.07 Å². The molecule has 1 aliphatic heterocycles. The normalized spacial score (nSPS) is 30.0. The lowest BCUT2D eigenvalue weighted by Gasteiger charge is -2.39. The minimum atomic E-state index is -5.13. The summed E-state index contributed by atoms with van der Waals surface area (Å²) in [5, 5.41) is 0. The monoisotopic (exact) mass is 504 g/mol. The lowest BCUT2D eigenvalue weighted by atomic mass is 9.74. The number of hydrogen-bond acceptors (Lipinski definition) is 1. The molecule has 0 spiro atoms. The third-order valence-corrected chi connectivity index (χ3v) is 8.90. The van der Waals surface area contributed by atoms with Crippen LogP contribution in [0.2, 0.25) is 0 Å². The summed E-state index contributed by atoms with van der Waals surface area (Å²) in [5.74, 6) is 0.141. The van der Waals surface area contributed by atoms with E-state index in [1.807, 2.05) is 0 Å². The van der Waals surface area contributed by atoms with Crippen LogP contribution in [0.25, 0.3) is 0 Å². The Hall–Kier alpha value is -1.40. The van der Waals surface area contributed by atoms with Crippen molar-refractivity contribution in [1.82, 2.24) is 0 Å². The summed E-state index contributed by atoms with van der Waals surface area (Å²) in [5.41, 5.74) is -2.95. The molecule has 35 heavy (non-hydrogen) atoms. The Morgan fingerprint density at radius 2 is 1.37 bits per heavy atom. The largest absolute Gasteiger partial charge is 0.489 e. The molecule has 1 atom stereocenters. The summed E-state index contributed by atoms with van der Waals surface area (Å²) < 4.78 is 91.9. The molecule has 2 saturated carbocycles. The second-order valence-corrected chi connectivity index (χ2v) is 11.1. The number of ether oxygens (including phenoxy) is 1. The Balaban J connectivity index is 1.69. The van der Waals surface area contributed by atoms with Crippen LogP contribution in [0.15, 0.2) is 6.07 Å². The molecule has 1 unspecified atom stereocenters. The van der Waals surface area contributed by atoms with Gasteiger partial charge in [-0.3, -0.25) is 0 Å². The first-order valence-electron chi connectivity index (χ1n) is 13.5. The van der Waals surface area contributed by atoms with Gasteiger partial charge < -0.3 is 4.74 Å². The van der Waals surface area contributed by atoms with Crippen molar-refractivity contribution in [2.75, 3.05) is 0 Å². The highest BCUT2D eigenvalue weighted by Gasteiger charge is 2.50. The second-order valence-electron chi connectivity index (χ2n) is 11.1. The van der Waals surface area contributed by atoms with Crippen LogP contribution in [-0.2, 0) is 18.8 Å². The highest BCUT2D eigenvalue weighted by molar-refractivity contribution is 5.55. The first-order chi connectivity index (χ1) is 16.5. The molecule has 0 aromatic heterocycles. The van der Waals surface area contributed by atoms with Crippen LogP contribution >= 0.6 is 0 Å². The summed E-state index contributed by atoms with van der Waals surface area (Å²) in [6, 6.07) is 1.42. The van der Waals surface area contributed by atoms with Gasteiger partial charge in [0.05, 0.1) is 5.56 Å². The molecule has 0 radical (unpaired) electrons. The van der Waals surface area contributed by atoms with Gasteiger partial charge in [0.15, 0.2) is 0 Å². The van der Waals surface area contributed by atoms with Gasteiger partial charge in [0.25, 0.3) is 0 Å². The minimum absolute atomic E-state index is 0.107. The second kappa shape index (κ2) is 10.5. The first kappa shape index (κ1) is 26.7. The molecule has 1 nitrogen and oxygen atoms in total. The molecule has 4 rings (SSSR count). The zero-order valence-corrected chi connectivity index (χ0v) is 20.8. The maximum atomic E-state index is 14.4. The smallest absolute Gasteiger partial charge is 0.420 e. The molecule has 2 aliphatic carbocycles. The van der Waals surface area contributed by atoms with Crippen molar-refractivity contribution in [3.8, 4) is 5.75 Å². The average molecular weight is 505 g/mol. The third-order valence-electron chi connectivity index (χ3n) is 8.90. The van der Waals surface area contributed by atoms with Gasteiger partial charge in [0, 0.05) is 0 Å². The van der Waals surface area contributed by atoms with E-state index in [0.717, 1.165) is 57.8 Å². The fourth-order valence-corrected chi connectivity index (χ4v) is 6.94. The summed E-state index contributed by atoms with van der Waals surface area (Å²) in [4.78, 5) is 0. The molecule has 7 heteroatoms. The van der Waals surface area contributed by atoms with Crippen LogP contribution in [0.3, 0.4) is 0 Å². The lowest BCUT2D eigenvalue weighted by molar-refractivity contribution is -0.164. The van der Waals surface area contributed by atoms with Gasteiger partial charge >= 0.3 is 12.4 Å². The average Bonchev–Trinajstić information content (AvgIpc) is 2.82. The topological polar surface area (TPSA) is 9.23 Å². The van der Waals surface area contributed by atoms with Crippen molar-refractivity contribution < 1.29 is 31.1 Å². The molecule has 1 aromatic rings. The van der Waals surface area contributed by atoms with Crippen LogP contribution in [-0.4, -0.2) is 6.10 Å². The predicted octanol–water partition coefficient (Wildman–Crippen LogP) is 9.71. The number of fused-ring (bicyclic) bond motifs is 1. The quantitative estimate of drug-likeness (QED) is 0.363. The molecule has 2 fully saturated rings. The molecule has 3 aliphatic rings. The van der Waals surface area contributed by atoms with Crippen LogP contribution in [0.5, 0.6) is 5.75 Å². The van der Waals surface area contributed by atoms with Gasteiger partial charge in [0.1, 0.15) is 17.4 Å².